The highest BCUT2D eigenvalue weighted by atomic mass is 35.5. The van der Waals surface area contributed by atoms with E-state index in [1.807, 2.05) is 30.3 Å². The van der Waals surface area contributed by atoms with E-state index >= 15 is 0 Å². The average molecular weight is 515 g/mol. The van der Waals surface area contributed by atoms with E-state index in [2.05, 4.69) is 10.6 Å². The lowest BCUT2D eigenvalue weighted by Crippen LogP contribution is -2.48. The lowest BCUT2D eigenvalue weighted by molar-refractivity contribution is -0.128. The summed E-state index contributed by atoms with van der Waals surface area (Å²) in [6.07, 6.45) is 3.90. The Bertz CT molecular complexity index is 1200. The Morgan fingerprint density at radius 1 is 1.09 bits per heavy atom. The Kier molecular flexibility index (Phi) is 8.36. The van der Waals surface area contributed by atoms with Gasteiger partial charge in [-0.3, -0.25) is 10.1 Å². The van der Waals surface area contributed by atoms with Crippen LogP contribution in [0.2, 0.25) is 5.02 Å². The lowest BCUT2D eigenvalue weighted by atomic mass is 9.96. The first-order valence-electron chi connectivity index (χ1n) is 11.6. The topological polar surface area (TPSA) is 97.6 Å². The molecule has 1 heterocycles. The fourth-order valence-electron chi connectivity index (χ4n) is 4.04. The summed E-state index contributed by atoms with van der Waals surface area (Å²) in [5.41, 5.74) is 1.23. The summed E-state index contributed by atoms with van der Waals surface area (Å²) in [6, 6.07) is 14.2. The van der Waals surface area contributed by atoms with Gasteiger partial charge in [0.05, 0.1) is 0 Å². The molecule has 184 valence electrons. The van der Waals surface area contributed by atoms with E-state index in [-0.39, 0.29) is 11.8 Å². The predicted octanol–water partition coefficient (Wildman–Crippen LogP) is 6.08. The van der Waals surface area contributed by atoms with E-state index in [1.165, 1.54) is 18.7 Å². The Morgan fingerprint density at radius 2 is 1.80 bits per heavy atom. The maximum atomic E-state index is 13.0. The largest absolute Gasteiger partial charge is 0.449 e. The molecule has 0 unspecified atom stereocenters. The summed E-state index contributed by atoms with van der Waals surface area (Å²) in [4.78, 5) is 38.6. The third-order valence-electron chi connectivity index (χ3n) is 5.91. The number of carbonyl (C=O) groups is 3. The number of halogens is 1. The van der Waals surface area contributed by atoms with Crippen molar-refractivity contribution < 1.29 is 23.5 Å². The van der Waals surface area contributed by atoms with E-state index in [9.17, 15) is 14.4 Å². The Morgan fingerprint density at radius 3 is 2.54 bits per heavy atom. The number of hydrogen-bond donors (Lipinski definition) is 2. The van der Waals surface area contributed by atoms with Gasteiger partial charge in [-0.2, -0.15) is 0 Å². The zero-order valence-electron chi connectivity index (χ0n) is 19.3. The molecule has 2 N–H and O–H groups in total. The maximum Gasteiger partial charge on any atom is 0.375 e. The second kappa shape index (κ2) is 11.6. The summed E-state index contributed by atoms with van der Waals surface area (Å²) < 4.78 is 11.2. The molecule has 3 amide bonds. The van der Waals surface area contributed by atoms with Crippen LogP contribution in [0.5, 0.6) is 0 Å². The number of benzene rings is 2. The van der Waals surface area contributed by atoms with Gasteiger partial charge in [-0.1, -0.05) is 49.1 Å². The second-order valence-electron chi connectivity index (χ2n) is 8.49. The molecule has 1 atom stereocenters. The summed E-state index contributed by atoms with van der Waals surface area (Å²) in [7, 11) is 0. The highest BCUT2D eigenvalue weighted by Gasteiger charge is 2.27. The first-order valence-corrected chi connectivity index (χ1v) is 13.0. The number of carbonyl (C=O) groups excluding carboxylic acids is 3. The fourth-order valence-corrected chi connectivity index (χ4v) is 5.09. The molecule has 0 saturated heterocycles. The number of ether oxygens (including phenoxy) is 1. The molecule has 0 bridgehead atoms. The van der Waals surface area contributed by atoms with Gasteiger partial charge in [-0.15, -0.1) is 11.8 Å². The number of para-hydroxylation sites is 1. The fraction of sp³-hybridized carbons (Fsp3) is 0.346. The van der Waals surface area contributed by atoms with Gasteiger partial charge < -0.3 is 14.5 Å². The normalized spacial score (nSPS) is 14.9. The van der Waals surface area contributed by atoms with Crippen LogP contribution in [0.15, 0.2) is 57.8 Å². The SMILES string of the molecule is C[C@@H](OC(=O)c1oc2ccccc2c1CSc1ccc(Cl)cc1)C(=O)NC(=O)NC1CCCCC1. The summed E-state index contributed by atoms with van der Waals surface area (Å²) in [6.45, 7) is 1.42. The van der Waals surface area contributed by atoms with Crippen molar-refractivity contribution in [3.63, 3.8) is 0 Å². The van der Waals surface area contributed by atoms with Gasteiger partial charge in [0.15, 0.2) is 6.10 Å². The number of rotatable bonds is 7. The summed E-state index contributed by atoms with van der Waals surface area (Å²) in [5, 5.41) is 6.52. The molecule has 7 nitrogen and oxygen atoms in total. The van der Waals surface area contributed by atoms with Gasteiger partial charge >= 0.3 is 12.0 Å². The van der Waals surface area contributed by atoms with E-state index < -0.39 is 24.0 Å². The van der Waals surface area contributed by atoms with Crippen LogP contribution in [0.25, 0.3) is 11.0 Å². The zero-order chi connectivity index (χ0) is 24.8. The third kappa shape index (κ3) is 6.58. The van der Waals surface area contributed by atoms with Crippen LogP contribution in [0.3, 0.4) is 0 Å². The van der Waals surface area contributed by atoms with Crippen LogP contribution in [0.1, 0.15) is 55.1 Å². The third-order valence-corrected chi connectivity index (χ3v) is 7.20. The number of thioether (sulfide) groups is 1. The second-order valence-corrected chi connectivity index (χ2v) is 9.98. The Balaban J connectivity index is 1.41. The first kappa shape index (κ1) is 25.1. The molecule has 2 aromatic carbocycles. The molecule has 1 aliphatic carbocycles. The molecule has 4 rings (SSSR count). The van der Waals surface area contributed by atoms with Crippen LogP contribution in [-0.2, 0) is 15.3 Å². The van der Waals surface area contributed by atoms with Crippen molar-refractivity contribution in [1.82, 2.24) is 10.6 Å². The molecule has 1 fully saturated rings. The number of hydrogen-bond acceptors (Lipinski definition) is 6. The number of amides is 3. The number of urea groups is 1. The minimum Gasteiger partial charge on any atom is -0.449 e. The van der Waals surface area contributed by atoms with Gasteiger partial charge in [-0.25, -0.2) is 9.59 Å². The smallest absolute Gasteiger partial charge is 0.375 e. The van der Waals surface area contributed by atoms with Crippen molar-refractivity contribution in [1.29, 1.82) is 0 Å². The van der Waals surface area contributed by atoms with Crippen LogP contribution in [0, 0.1) is 0 Å². The number of furan rings is 1. The zero-order valence-corrected chi connectivity index (χ0v) is 20.9. The van der Waals surface area contributed by atoms with E-state index in [4.69, 9.17) is 20.8 Å². The quantitative estimate of drug-likeness (QED) is 0.293. The highest BCUT2D eigenvalue weighted by Crippen LogP contribution is 2.33. The molecule has 3 aromatic rings. The van der Waals surface area contributed by atoms with Crippen molar-refractivity contribution in [2.45, 2.75) is 61.8 Å². The molecule has 0 spiro atoms. The van der Waals surface area contributed by atoms with Crippen LogP contribution >= 0.6 is 23.4 Å². The lowest BCUT2D eigenvalue weighted by Gasteiger charge is -2.23. The summed E-state index contributed by atoms with van der Waals surface area (Å²) in [5.74, 6) is -0.963. The van der Waals surface area contributed by atoms with Gasteiger partial charge in [-0.05, 0) is 50.1 Å². The standard InChI is InChI=1S/C26H27ClN2O5S/c1-16(24(30)29-26(32)28-18-7-3-2-4-8-18)33-25(31)23-21(20-9-5-6-10-22(20)34-23)15-35-19-13-11-17(27)12-14-19/h5-6,9-14,16,18H,2-4,7-8,15H2,1H3,(H2,28,29,30,32)/t16-/m1/s1. The minimum atomic E-state index is -1.18. The van der Waals surface area contributed by atoms with Crippen LogP contribution < -0.4 is 10.6 Å². The Labute approximate surface area is 212 Å². The van der Waals surface area contributed by atoms with Crippen molar-refractivity contribution in [3.05, 3.63) is 64.9 Å². The first-order chi connectivity index (χ1) is 16.9. The van der Waals surface area contributed by atoms with Gasteiger partial charge in [0.1, 0.15) is 5.58 Å². The molecule has 1 aliphatic rings. The molecule has 9 heteroatoms. The van der Waals surface area contributed by atoms with Gasteiger partial charge in [0.2, 0.25) is 5.76 Å². The monoisotopic (exact) mass is 514 g/mol. The molecule has 0 aliphatic heterocycles. The van der Waals surface area contributed by atoms with Crippen molar-refractivity contribution in [3.8, 4) is 0 Å². The molecular weight excluding hydrogens is 488 g/mol. The van der Waals surface area contributed by atoms with Gasteiger partial charge in [0.25, 0.3) is 5.91 Å². The molecular formula is C26H27ClN2O5S. The number of fused-ring (bicyclic) bond motifs is 1. The van der Waals surface area contributed by atoms with Crippen molar-refractivity contribution in [2.24, 2.45) is 0 Å². The molecule has 0 radical (unpaired) electrons. The number of nitrogens with one attached hydrogen (secondary N) is 2. The molecule has 1 aromatic heterocycles. The average Bonchev–Trinajstić information content (AvgIpc) is 3.23. The van der Waals surface area contributed by atoms with Crippen molar-refractivity contribution >= 4 is 52.2 Å². The van der Waals surface area contributed by atoms with E-state index in [1.54, 1.807) is 18.2 Å². The van der Waals surface area contributed by atoms with E-state index in [0.29, 0.717) is 21.9 Å². The Hall–Kier alpha value is -2.97. The number of imide groups is 1. The molecule has 1 saturated carbocycles. The van der Waals surface area contributed by atoms with Crippen LogP contribution in [-0.4, -0.2) is 30.1 Å². The summed E-state index contributed by atoms with van der Waals surface area (Å²) >= 11 is 7.49. The molecule has 35 heavy (non-hydrogen) atoms. The van der Waals surface area contributed by atoms with Crippen molar-refractivity contribution in [2.75, 3.05) is 0 Å². The maximum absolute atomic E-state index is 13.0. The minimum absolute atomic E-state index is 0.0407. The van der Waals surface area contributed by atoms with Gasteiger partial charge in [0, 0.05) is 32.7 Å². The van der Waals surface area contributed by atoms with Crippen LogP contribution in [0.4, 0.5) is 4.79 Å². The van der Waals surface area contributed by atoms with E-state index in [0.717, 1.165) is 42.4 Å². The number of esters is 1. The highest BCUT2D eigenvalue weighted by molar-refractivity contribution is 7.98. The predicted molar refractivity (Wildman–Crippen MR) is 136 cm³/mol.